The molecule has 0 saturated carbocycles. The molecule has 0 amide bonds. The number of ether oxygens (including phenoxy) is 2. The molecule has 3 heterocycles. The molecule has 0 atom stereocenters. The minimum atomic E-state index is 0.584. The molecule has 94 valence electrons. The van der Waals surface area contributed by atoms with Gasteiger partial charge in [0.1, 0.15) is 19.0 Å². The molecular formula is C14H11N3O2. The molecule has 5 nitrogen and oxygen atoms in total. The van der Waals surface area contributed by atoms with Gasteiger partial charge in [-0.3, -0.25) is 4.98 Å². The summed E-state index contributed by atoms with van der Waals surface area (Å²) in [6, 6.07) is 7.71. The van der Waals surface area contributed by atoms with Gasteiger partial charge < -0.3 is 14.5 Å². The van der Waals surface area contributed by atoms with E-state index in [2.05, 4.69) is 15.0 Å². The topological polar surface area (TPSA) is 60.0 Å². The van der Waals surface area contributed by atoms with Gasteiger partial charge in [0.15, 0.2) is 11.5 Å². The number of hydrogen-bond acceptors (Lipinski definition) is 4. The Kier molecular flexibility index (Phi) is 2.17. The number of benzene rings is 1. The van der Waals surface area contributed by atoms with Gasteiger partial charge in [-0.05, 0) is 24.3 Å². The second-order valence-electron chi connectivity index (χ2n) is 4.34. The summed E-state index contributed by atoms with van der Waals surface area (Å²) in [6.07, 6.45) is 3.50. The van der Waals surface area contributed by atoms with Gasteiger partial charge in [0.25, 0.3) is 0 Å². The van der Waals surface area contributed by atoms with E-state index in [0.717, 1.165) is 33.9 Å². The number of pyridine rings is 1. The normalized spacial score (nSPS) is 13.7. The molecule has 19 heavy (non-hydrogen) atoms. The van der Waals surface area contributed by atoms with E-state index in [4.69, 9.17) is 9.47 Å². The zero-order valence-electron chi connectivity index (χ0n) is 10.1. The summed E-state index contributed by atoms with van der Waals surface area (Å²) in [5.74, 6) is 2.36. The summed E-state index contributed by atoms with van der Waals surface area (Å²) >= 11 is 0. The highest BCUT2D eigenvalue weighted by Gasteiger charge is 2.13. The molecule has 0 aliphatic carbocycles. The van der Waals surface area contributed by atoms with Crippen LogP contribution in [0.15, 0.2) is 36.7 Å². The molecule has 0 bridgehead atoms. The quantitative estimate of drug-likeness (QED) is 0.723. The first-order chi connectivity index (χ1) is 9.40. The molecule has 0 saturated heterocycles. The van der Waals surface area contributed by atoms with Crippen molar-refractivity contribution in [2.45, 2.75) is 0 Å². The van der Waals surface area contributed by atoms with Crippen LogP contribution in [-0.4, -0.2) is 28.2 Å². The molecule has 1 aliphatic heterocycles. The van der Waals surface area contributed by atoms with Gasteiger partial charge >= 0.3 is 0 Å². The lowest BCUT2D eigenvalue weighted by atomic mass is 10.2. The third kappa shape index (κ3) is 1.71. The lowest BCUT2D eigenvalue weighted by molar-refractivity contribution is 0.171. The molecule has 4 rings (SSSR count). The monoisotopic (exact) mass is 253 g/mol. The van der Waals surface area contributed by atoms with E-state index in [-0.39, 0.29) is 0 Å². The van der Waals surface area contributed by atoms with Crippen molar-refractivity contribution in [2.75, 3.05) is 13.2 Å². The van der Waals surface area contributed by atoms with Crippen molar-refractivity contribution in [3.05, 3.63) is 36.7 Å². The molecule has 0 fully saturated rings. The average Bonchev–Trinajstić information content (AvgIpc) is 2.90. The lowest BCUT2D eigenvalue weighted by Crippen LogP contribution is -2.15. The number of nitrogens with zero attached hydrogens (tertiary/aromatic N) is 2. The molecule has 2 aromatic heterocycles. The summed E-state index contributed by atoms with van der Waals surface area (Å²) in [5.41, 5.74) is 2.80. The Hall–Kier alpha value is -2.56. The minimum Gasteiger partial charge on any atom is -0.486 e. The fourth-order valence-corrected chi connectivity index (χ4v) is 2.18. The number of imidazole rings is 1. The molecule has 3 aromatic rings. The van der Waals surface area contributed by atoms with Gasteiger partial charge in [-0.25, -0.2) is 4.98 Å². The standard InChI is InChI=1S/C14H11N3O2/c1-2-12-13(19-6-5-18-12)7-9(1)14-16-10-3-4-15-8-11(10)17-14/h1-4,7-8H,5-6H2,(H,16,17). The van der Waals surface area contributed by atoms with Crippen LogP contribution in [-0.2, 0) is 0 Å². The molecular weight excluding hydrogens is 242 g/mol. The van der Waals surface area contributed by atoms with E-state index < -0.39 is 0 Å². The summed E-state index contributed by atoms with van der Waals surface area (Å²) < 4.78 is 11.1. The first kappa shape index (κ1) is 10.4. The molecule has 1 N–H and O–H groups in total. The van der Waals surface area contributed by atoms with Gasteiger partial charge in [-0.2, -0.15) is 0 Å². The Morgan fingerprint density at radius 1 is 1.05 bits per heavy atom. The first-order valence-corrected chi connectivity index (χ1v) is 6.10. The second kappa shape index (κ2) is 3.98. The second-order valence-corrected chi connectivity index (χ2v) is 4.34. The van der Waals surface area contributed by atoms with Crippen LogP contribution in [0.25, 0.3) is 22.4 Å². The maximum atomic E-state index is 5.58. The van der Waals surface area contributed by atoms with Crippen LogP contribution in [0.1, 0.15) is 0 Å². The van der Waals surface area contributed by atoms with Crippen molar-refractivity contribution >= 4 is 11.0 Å². The van der Waals surface area contributed by atoms with Gasteiger partial charge in [-0.15, -0.1) is 0 Å². The van der Waals surface area contributed by atoms with Crippen molar-refractivity contribution < 1.29 is 9.47 Å². The van der Waals surface area contributed by atoms with Crippen LogP contribution in [0.4, 0.5) is 0 Å². The smallest absolute Gasteiger partial charge is 0.162 e. The third-order valence-corrected chi connectivity index (χ3v) is 3.10. The van der Waals surface area contributed by atoms with Crippen LogP contribution in [0.5, 0.6) is 11.5 Å². The Labute approximate surface area is 109 Å². The molecule has 5 heteroatoms. The fourth-order valence-electron chi connectivity index (χ4n) is 2.18. The van der Waals surface area contributed by atoms with Crippen molar-refractivity contribution in [1.82, 2.24) is 15.0 Å². The van der Waals surface area contributed by atoms with Crippen molar-refractivity contribution in [1.29, 1.82) is 0 Å². The number of rotatable bonds is 1. The van der Waals surface area contributed by atoms with E-state index in [1.54, 1.807) is 12.4 Å². The van der Waals surface area contributed by atoms with Gasteiger partial charge in [0, 0.05) is 11.8 Å². The van der Waals surface area contributed by atoms with Crippen LogP contribution in [0.2, 0.25) is 0 Å². The van der Waals surface area contributed by atoms with Gasteiger partial charge in [0.05, 0.1) is 17.2 Å². The SMILES string of the molecule is c1cc2nc(-c3ccc4c(c3)OCCO4)[nH]c2cn1. The first-order valence-electron chi connectivity index (χ1n) is 6.10. The van der Waals surface area contributed by atoms with Gasteiger partial charge in [0.2, 0.25) is 0 Å². The highest BCUT2D eigenvalue weighted by Crippen LogP contribution is 2.34. The molecule has 0 radical (unpaired) electrons. The van der Waals surface area contributed by atoms with Crippen LogP contribution in [0, 0.1) is 0 Å². The summed E-state index contributed by atoms with van der Waals surface area (Å²) in [4.78, 5) is 11.9. The van der Waals surface area contributed by atoms with Crippen LogP contribution >= 0.6 is 0 Å². The zero-order chi connectivity index (χ0) is 12.7. The fraction of sp³-hybridized carbons (Fsp3) is 0.143. The highest BCUT2D eigenvalue weighted by atomic mass is 16.6. The molecule has 1 aliphatic rings. The van der Waals surface area contributed by atoms with Gasteiger partial charge in [-0.1, -0.05) is 0 Å². The number of aromatic amines is 1. The predicted octanol–water partition coefficient (Wildman–Crippen LogP) is 2.40. The summed E-state index contributed by atoms with van der Waals surface area (Å²) in [7, 11) is 0. The number of aromatic nitrogens is 3. The Morgan fingerprint density at radius 3 is 2.84 bits per heavy atom. The number of nitrogens with one attached hydrogen (secondary N) is 1. The van der Waals surface area contributed by atoms with E-state index in [1.807, 2.05) is 24.3 Å². The largest absolute Gasteiger partial charge is 0.486 e. The molecule has 1 aromatic carbocycles. The zero-order valence-corrected chi connectivity index (χ0v) is 10.1. The van der Waals surface area contributed by atoms with E-state index in [1.165, 1.54) is 0 Å². The molecule has 0 unspecified atom stereocenters. The highest BCUT2D eigenvalue weighted by molar-refractivity contribution is 5.78. The predicted molar refractivity (Wildman–Crippen MR) is 70.3 cm³/mol. The maximum Gasteiger partial charge on any atom is 0.162 e. The van der Waals surface area contributed by atoms with Crippen molar-refractivity contribution in [2.24, 2.45) is 0 Å². The summed E-state index contributed by atoms with van der Waals surface area (Å²) in [5, 5.41) is 0. The van der Waals surface area contributed by atoms with Crippen LogP contribution in [0.3, 0.4) is 0 Å². The van der Waals surface area contributed by atoms with Crippen LogP contribution < -0.4 is 9.47 Å². The molecule has 0 spiro atoms. The number of hydrogen-bond donors (Lipinski definition) is 1. The number of H-pyrrole nitrogens is 1. The minimum absolute atomic E-state index is 0.584. The third-order valence-electron chi connectivity index (χ3n) is 3.10. The maximum absolute atomic E-state index is 5.58. The Morgan fingerprint density at radius 2 is 1.95 bits per heavy atom. The van der Waals surface area contributed by atoms with E-state index >= 15 is 0 Å². The Balaban J connectivity index is 1.83. The Bertz CT molecular complexity index is 718. The summed E-state index contributed by atoms with van der Waals surface area (Å²) in [6.45, 7) is 1.18. The van der Waals surface area contributed by atoms with Crippen molar-refractivity contribution in [3.63, 3.8) is 0 Å². The van der Waals surface area contributed by atoms with Crippen molar-refractivity contribution in [3.8, 4) is 22.9 Å². The average molecular weight is 253 g/mol. The lowest BCUT2D eigenvalue weighted by Gasteiger charge is -2.18. The van der Waals surface area contributed by atoms with E-state index in [0.29, 0.717) is 13.2 Å². The number of fused-ring (bicyclic) bond motifs is 2. The van der Waals surface area contributed by atoms with E-state index in [9.17, 15) is 0 Å².